The standard InChI is InChI=1S/C16H16F3N3O4S/c1-26-15(25)9-4-20-13(12-2-8(17)6-27-12)21-10(9)5-22-7-16(18,19)3-11(22)14(23)24/h2,6,11H,3-5,7H2,1H3,(H,20,21)(H,23,24). The molecule has 3 rings (SSSR count). The molecule has 1 aromatic rings. The van der Waals surface area contributed by atoms with Crippen molar-refractivity contribution in [2.75, 3.05) is 26.7 Å². The molecule has 0 amide bonds. The number of alkyl halides is 2. The number of ether oxygens (including phenoxy) is 1. The Balaban J connectivity index is 1.87. The van der Waals surface area contributed by atoms with Crippen LogP contribution in [0.15, 0.2) is 27.7 Å². The summed E-state index contributed by atoms with van der Waals surface area (Å²) in [7, 11) is 1.17. The molecule has 7 nitrogen and oxygen atoms in total. The Bertz CT molecular complexity index is 837. The smallest absolute Gasteiger partial charge is 0.337 e. The van der Waals surface area contributed by atoms with Crippen LogP contribution in [0, 0.1) is 5.82 Å². The number of carbonyl (C=O) groups is 2. The third-order valence-corrected chi connectivity index (χ3v) is 5.18. The quantitative estimate of drug-likeness (QED) is 0.724. The van der Waals surface area contributed by atoms with Crippen LogP contribution in [0.5, 0.6) is 0 Å². The monoisotopic (exact) mass is 403 g/mol. The Hall–Kier alpha value is -2.40. The largest absolute Gasteiger partial charge is 0.480 e. The minimum Gasteiger partial charge on any atom is -0.480 e. The number of nitrogens with zero attached hydrogens (tertiary/aromatic N) is 2. The van der Waals surface area contributed by atoms with E-state index in [1.165, 1.54) is 18.6 Å². The summed E-state index contributed by atoms with van der Waals surface area (Å²) in [4.78, 5) is 29.1. The van der Waals surface area contributed by atoms with Crippen molar-refractivity contribution in [1.29, 1.82) is 0 Å². The van der Waals surface area contributed by atoms with E-state index in [0.717, 1.165) is 16.2 Å². The predicted octanol–water partition coefficient (Wildman–Crippen LogP) is 1.46. The third-order valence-electron chi connectivity index (χ3n) is 4.27. The van der Waals surface area contributed by atoms with Crippen LogP contribution in [0.2, 0.25) is 0 Å². The normalized spacial score (nSPS) is 22.4. The lowest BCUT2D eigenvalue weighted by Crippen LogP contribution is -2.43. The zero-order chi connectivity index (χ0) is 19.8. The number of aliphatic carboxylic acids is 1. The number of carboxylic acids is 1. The van der Waals surface area contributed by atoms with E-state index in [9.17, 15) is 27.9 Å². The lowest BCUT2D eigenvalue weighted by Gasteiger charge is -2.26. The molecule has 1 unspecified atom stereocenters. The summed E-state index contributed by atoms with van der Waals surface area (Å²) in [5.41, 5.74) is 0.322. The molecular formula is C16H16F3N3O4S. The number of thiophene rings is 1. The van der Waals surface area contributed by atoms with Gasteiger partial charge in [0.15, 0.2) is 0 Å². The zero-order valence-corrected chi connectivity index (χ0v) is 15.0. The zero-order valence-electron chi connectivity index (χ0n) is 14.2. The van der Waals surface area contributed by atoms with Crippen molar-refractivity contribution in [2.24, 2.45) is 4.99 Å². The highest BCUT2D eigenvalue weighted by atomic mass is 32.1. The van der Waals surface area contributed by atoms with Gasteiger partial charge in [0, 0.05) is 24.0 Å². The van der Waals surface area contributed by atoms with Gasteiger partial charge in [-0.1, -0.05) is 0 Å². The van der Waals surface area contributed by atoms with E-state index in [4.69, 9.17) is 4.74 Å². The molecule has 0 aliphatic carbocycles. The molecule has 0 bridgehead atoms. The van der Waals surface area contributed by atoms with Gasteiger partial charge in [0.2, 0.25) is 0 Å². The number of nitrogens with one attached hydrogen (secondary N) is 1. The second-order valence-corrected chi connectivity index (χ2v) is 7.10. The lowest BCUT2D eigenvalue weighted by atomic mass is 10.1. The summed E-state index contributed by atoms with van der Waals surface area (Å²) in [5.74, 6) is -5.37. The molecule has 11 heteroatoms. The molecule has 3 heterocycles. The second kappa shape index (κ2) is 7.31. The van der Waals surface area contributed by atoms with E-state index in [0.29, 0.717) is 4.88 Å². The van der Waals surface area contributed by atoms with Crippen LogP contribution in [0.4, 0.5) is 13.2 Å². The van der Waals surface area contributed by atoms with E-state index < -0.39 is 42.7 Å². The summed E-state index contributed by atoms with van der Waals surface area (Å²) in [6, 6.07) is -0.129. The molecular weight excluding hydrogens is 387 g/mol. The van der Waals surface area contributed by atoms with Gasteiger partial charge in [-0.15, -0.1) is 11.3 Å². The van der Waals surface area contributed by atoms with E-state index >= 15 is 0 Å². The van der Waals surface area contributed by atoms with Gasteiger partial charge >= 0.3 is 11.9 Å². The van der Waals surface area contributed by atoms with Gasteiger partial charge in [-0.3, -0.25) is 14.7 Å². The maximum Gasteiger partial charge on any atom is 0.337 e. The molecule has 0 saturated carbocycles. The van der Waals surface area contributed by atoms with Gasteiger partial charge in [-0.05, 0) is 6.07 Å². The first-order chi connectivity index (χ1) is 12.7. The number of carboxylic acid groups (broad SMARTS) is 1. The van der Waals surface area contributed by atoms with E-state index in [1.54, 1.807) is 0 Å². The minimum atomic E-state index is -3.14. The van der Waals surface area contributed by atoms with Crippen molar-refractivity contribution in [2.45, 2.75) is 18.4 Å². The summed E-state index contributed by atoms with van der Waals surface area (Å²) < 4.78 is 45.4. The third kappa shape index (κ3) is 4.14. The Labute approximate surface area is 156 Å². The van der Waals surface area contributed by atoms with Crippen LogP contribution in [-0.2, 0) is 14.3 Å². The predicted molar refractivity (Wildman–Crippen MR) is 90.4 cm³/mol. The fraction of sp³-hybridized carbons (Fsp3) is 0.438. The number of hydrogen-bond donors (Lipinski definition) is 2. The van der Waals surface area contributed by atoms with Crippen LogP contribution in [0.3, 0.4) is 0 Å². The first kappa shape index (κ1) is 19.4. The van der Waals surface area contributed by atoms with E-state index in [1.807, 2.05) is 0 Å². The van der Waals surface area contributed by atoms with Gasteiger partial charge in [0.05, 0.1) is 30.6 Å². The number of hydrogen-bond acceptors (Lipinski definition) is 7. The van der Waals surface area contributed by atoms with Gasteiger partial charge in [-0.2, -0.15) is 0 Å². The number of rotatable bonds is 5. The second-order valence-electron chi connectivity index (χ2n) is 6.19. The van der Waals surface area contributed by atoms with Gasteiger partial charge in [0.1, 0.15) is 17.7 Å². The van der Waals surface area contributed by atoms with Crippen LogP contribution in [-0.4, -0.2) is 66.5 Å². The lowest BCUT2D eigenvalue weighted by molar-refractivity contribution is -0.142. The minimum absolute atomic E-state index is 0.0914. The molecule has 2 N–H and O–H groups in total. The van der Waals surface area contributed by atoms with Crippen molar-refractivity contribution >= 4 is 29.1 Å². The highest BCUT2D eigenvalue weighted by molar-refractivity contribution is 7.12. The molecule has 1 fully saturated rings. The molecule has 27 heavy (non-hydrogen) atoms. The van der Waals surface area contributed by atoms with Crippen molar-refractivity contribution < 1.29 is 32.6 Å². The molecule has 2 aliphatic heterocycles. The van der Waals surface area contributed by atoms with E-state index in [2.05, 4.69) is 10.3 Å². The number of amidine groups is 1. The first-order valence-electron chi connectivity index (χ1n) is 7.91. The average molecular weight is 403 g/mol. The number of carbonyl (C=O) groups excluding carboxylic acids is 1. The maximum atomic E-state index is 13.7. The Morgan fingerprint density at radius 1 is 1.52 bits per heavy atom. The molecule has 0 radical (unpaired) electrons. The summed E-state index contributed by atoms with van der Waals surface area (Å²) in [5, 5.41) is 13.4. The van der Waals surface area contributed by atoms with Crippen molar-refractivity contribution in [3.8, 4) is 0 Å². The first-order valence-corrected chi connectivity index (χ1v) is 8.79. The number of halogens is 3. The number of methoxy groups -OCH3 is 1. The summed E-state index contributed by atoms with van der Waals surface area (Å²) in [6.07, 6.45) is -0.805. The molecule has 146 valence electrons. The fourth-order valence-corrected chi connectivity index (χ4v) is 3.75. The van der Waals surface area contributed by atoms with Crippen LogP contribution in [0.25, 0.3) is 0 Å². The SMILES string of the molecule is COC(=O)C1=C(CN2CC(F)(F)CC2C(=O)O)NC(c2cc(F)cs2)=NC1. The van der Waals surface area contributed by atoms with Gasteiger partial charge in [0.25, 0.3) is 5.92 Å². The Morgan fingerprint density at radius 3 is 2.85 bits per heavy atom. The fourth-order valence-electron chi connectivity index (χ4n) is 3.03. The van der Waals surface area contributed by atoms with Gasteiger partial charge in [-0.25, -0.2) is 18.0 Å². The van der Waals surface area contributed by atoms with Crippen molar-refractivity contribution in [3.63, 3.8) is 0 Å². The molecule has 2 aliphatic rings. The van der Waals surface area contributed by atoms with Crippen molar-refractivity contribution in [3.05, 3.63) is 33.4 Å². The highest BCUT2D eigenvalue weighted by Crippen LogP contribution is 2.33. The molecule has 0 aromatic carbocycles. The van der Waals surface area contributed by atoms with Crippen LogP contribution in [0.1, 0.15) is 11.3 Å². The Kier molecular flexibility index (Phi) is 5.24. The highest BCUT2D eigenvalue weighted by Gasteiger charge is 2.48. The summed E-state index contributed by atoms with van der Waals surface area (Å²) in [6.45, 7) is -1.07. The number of likely N-dealkylation sites (tertiary alicyclic amines) is 1. The average Bonchev–Trinajstić information content (AvgIpc) is 3.17. The summed E-state index contributed by atoms with van der Waals surface area (Å²) >= 11 is 1.09. The van der Waals surface area contributed by atoms with Crippen LogP contribution >= 0.6 is 11.3 Å². The van der Waals surface area contributed by atoms with Gasteiger partial charge < -0.3 is 15.2 Å². The molecule has 0 spiro atoms. The molecule has 1 saturated heterocycles. The van der Waals surface area contributed by atoms with Crippen molar-refractivity contribution in [1.82, 2.24) is 10.2 Å². The maximum absolute atomic E-state index is 13.7. The van der Waals surface area contributed by atoms with E-state index in [-0.39, 0.29) is 30.2 Å². The topological polar surface area (TPSA) is 91.2 Å². The molecule has 1 aromatic heterocycles. The number of aliphatic imine (C=N–C) groups is 1. The Morgan fingerprint density at radius 2 is 2.26 bits per heavy atom. The number of esters is 1. The molecule has 1 atom stereocenters. The van der Waals surface area contributed by atoms with Crippen LogP contribution < -0.4 is 5.32 Å².